The summed E-state index contributed by atoms with van der Waals surface area (Å²) in [6, 6.07) is 8.44. The van der Waals surface area contributed by atoms with Gasteiger partial charge < -0.3 is 5.73 Å². The minimum Gasteiger partial charge on any atom is -0.393 e. The number of benzene rings is 1. The van der Waals surface area contributed by atoms with E-state index in [2.05, 4.69) is 12.2 Å². The molecule has 0 fully saturated rings. The van der Waals surface area contributed by atoms with Gasteiger partial charge in [0.25, 0.3) is 0 Å². The van der Waals surface area contributed by atoms with E-state index in [1.54, 1.807) is 24.3 Å². The molecule has 6 heteroatoms. The summed E-state index contributed by atoms with van der Waals surface area (Å²) in [5.41, 5.74) is 6.43. The van der Waals surface area contributed by atoms with Gasteiger partial charge in [0.1, 0.15) is 0 Å². The lowest BCUT2D eigenvalue weighted by molar-refractivity contribution is 0.595. The molecule has 0 spiro atoms. The molecule has 0 aliphatic rings. The standard InChI is InChI=1S/C11H12N2O2S2/c12-7-9-1-3-10(4-2-9)8-17(14,15)6-5-11(13)16/h1-4H,5-6,8H2,(H2,13,16). The van der Waals surface area contributed by atoms with Crippen LogP contribution in [0.2, 0.25) is 0 Å². The van der Waals surface area contributed by atoms with Crippen molar-refractivity contribution in [2.75, 3.05) is 5.75 Å². The molecule has 2 N–H and O–H groups in total. The first-order valence-corrected chi connectivity index (χ1v) is 7.14. The second-order valence-corrected chi connectivity index (χ2v) is 6.33. The smallest absolute Gasteiger partial charge is 0.154 e. The van der Waals surface area contributed by atoms with Crippen LogP contribution in [0, 0.1) is 11.3 Å². The second kappa shape index (κ2) is 5.75. The first-order valence-electron chi connectivity index (χ1n) is 4.91. The number of nitrogens with two attached hydrogens (primary N) is 1. The Labute approximate surface area is 106 Å². The van der Waals surface area contributed by atoms with Crippen molar-refractivity contribution in [1.82, 2.24) is 0 Å². The summed E-state index contributed by atoms with van der Waals surface area (Å²) >= 11 is 4.64. The number of hydrogen-bond acceptors (Lipinski definition) is 4. The summed E-state index contributed by atoms with van der Waals surface area (Å²) < 4.78 is 23.4. The normalized spacial score (nSPS) is 10.8. The van der Waals surface area contributed by atoms with Crippen molar-refractivity contribution in [1.29, 1.82) is 5.26 Å². The van der Waals surface area contributed by atoms with Gasteiger partial charge in [0.15, 0.2) is 9.84 Å². The first kappa shape index (κ1) is 13.6. The number of thiocarbonyl (C=S) groups is 1. The molecule has 0 aliphatic heterocycles. The molecular weight excluding hydrogens is 256 g/mol. The van der Waals surface area contributed by atoms with Gasteiger partial charge in [-0.3, -0.25) is 0 Å². The molecule has 0 bridgehead atoms. The Hall–Kier alpha value is -1.45. The maximum atomic E-state index is 11.7. The largest absolute Gasteiger partial charge is 0.393 e. The molecule has 0 amide bonds. The third-order valence-electron chi connectivity index (χ3n) is 2.13. The molecule has 0 aromatic heterocycles. The van der Waals surface area contributed by atoms with Crippen molar-refractivity contribution in [3.05, 3.63) is 35.4 Å². The van der Waals surface area contributed by atoms with Crippen LogP contribution < -0.4 is 5.73 Å². The predicted octanol–water partition coefficient (Wildman–Crippen LogP) is 1.15. The quantitative estimate of drug-likeness (QED) is 0.810. The molecule has 0 radical (unpaired) electrons. The molecular formula is C11H12N2O2S2. The fraction of sp³-hybridized carbons (Fsp3) is 0.273. The monoisotopic (exact) mass is 268 g/mol. The minimum atomic E-state index is -3.20. The van der Waals surface area contributed by atoms with Crippen LogP contribution in [0.1, 0.15) is 17.5 Å². The van der Waals surface area contributed by atoms with Crippen LogP contribution in [0.5, 0.6) is 0 Å². The van der Waals surface area contributed by atoms with Crippen LogP contribution >= 0.6 is 12.2 Å². The van der Waals surface area contributed by atoms with Crippen LogP contribution in [-0.2, 0) is 15.6 Å². The Kier molecular flexibility index (Phi) is 4.61. The molecule has 90 valence electrons. The van der Waals surface area contributed by atoms with Gasteiger partial charge in [-0.2, -0.15) is 5.26 Å². The van der Waals surface area contributed by atoms with E-state index in [1.165, 1.54) is 0 Å². The van der Waals surface area contributed by atoms with E-state index in [4.69, 9.17) is 11.0 Å². The van der Waals surface area contributed by atoms with Crippen LogP contribution in [0.15, 0.2) is 24.3 Å². The van der Waals surface area contributed by atoms with Gasteiger partial charge in [-0.25, -0.2) is 8.42 Å². The van der Waals surface area contributed by atoms with Crippen molar-refractivity contribution in [2.24, 2.45) is 5.73 Å². The fourth-order valence-corrected chi connectivity index (χ4v) is 2.86. The molecule has 4 nitrogen and oxygen atoms in total. The topological polar surface area (TPSA) is 84.0 Å². The predicted molar refractivity (Wildman–Crippen MR) is 70.1 cm³/mol. The van der Waals surface area contributed by atoms with E-state index in [-0.39, 0.29) is 22.9 Å². The van der Waals surface area contributed by atoms with Gasteiger partial charge in [-0.05, 0) is 17.7 Å². The molecule has 0 saturated heterocycles. The summed E-state index contributed by atoms with van der Waals surface area (Å²) in [7, 11) is -3.20. The summed E-state index contributed by atoms with van der Waals surface area (Å²) in [4.78, 5) is 0.202. The van der Waals surface area contributed by atoms with Crippen LogP contribution in [0.25, 0.3) is 0 Å². The van der Waals surface area contributed by atoms with E-state index in [1.807, 2.05) is 6.07 Å². The molecule has 1 aromatic rings. The number of nitrogens with zero attached hydrogens (tertiary/aromatic N) is 1. The Morgan fingerprint density at radius 1 is 1.35 bits per heavy atom. The third-order valence-corrected chi connectivity index (χ3v) is 3.93. The highest BCUT2D eigenvalue weighted by atomic mass is 32.2. The first-order chi connectivity index (χ1) is 7.93. The SMILES string of the molecule is N#Cc1ccc(CS(=O)(=O)CCC(N)=S)cc1. The van der Waals surface area contributed by atoms with Crippen molar-refractivity contribution in [3.63, 3.8) is 0 Å². The van der Waals surface area contributed by atoms with Crippen LogP contribution in [0.4, 0.5) is 0 Å². The molecule has 0 atom stereocenters. The molecule has 17 heavy (non-hydrogen) atoms. The third kappa shape index (κ3) is 4.93. The molecule has 1 aromatic carbocycles. The summed E-state index contributed by atoms with van der Waals surface area (Å²) in [6.07, 6.45) is 0.202. The highest BCUT2D eigenvalue weighted by molar-refractivity contribution is 7.90. The van der Waals surface area contributed by atoms with E-state index in [0.717, 1.165) is 0 Å². The van der Waals surface area contributed by atoms with Gasteiger partial charge >= 0.3 is 0 Å². The summed E-state index contributed by atoms with van der Waals surface area (Å²) in [5.74, 6) is -0.0936. The number of hydrogen-bond donors (Lipinski definition) is 1. The lowest BCUT2D eigenvalue weighted by Gasteiger charge is -2.04. The van der Waals surface area contributed by atoms with Crippen LogP contribution in [-0.4, -0.2) is 19.2 Å². The van der Waals surface area contributed by atoms with E-state index in [0.29, 0.717) is 11.1 Å². The fourth-order valence-electron chi connectivity index (χ4n) is 1.26. The zero-order valence-corrected chi connectivity index (χ0v) is 10.7. The van der Waals surface area contributed by atoms with Crippen molar-refractivity contribution < 1.29 is 8.42 Å². The Morgan fingerprint density at radius 3 is 2.41 bits per heavy atom. The Bertz CT molecular complexity index is 542. The van der Waals surface area contributed by atoms with Gasteiger partial charge in [0.2, 0.25) is 0 Å². The van der Waals surface area contributed by atoms with Crippen LogP contribution in [0.3, 0.4) is 0 Å². The van der Waals surface area contributed by atoms with E-state index < -0.39 is 9.84 Å². The average Bonchev–Trinajstić information content (AvgIpc) is 2.27. The molecule has 0 saturated carbocycles. The van der Waals surface area contributed by atoms with Crippen molar-refractivity contribution >= 4 is 27.0 Å². The number of nitriles is 1. The molecule has 0 heterocycles. The zero-order valence-electron chi connectivity index (χ0n) is 9.09. The lowest BCUT2D eigenvalue weighted by Crippen LogP contribution is -2.16. The Balaban J connectivity index is 2.70. The maximum absolute atomic E-state index is 11.7. The van der Waals surface area contributed by atoms with Crippen molar-refractivity contribution in [3.8, 4) is 6.07 Å². The average molecular weight is 268 g/mol. The van der Waals surface area contributed by atoms with Gasteiger partial charge in [0, 0.05) is 6.42 Å². The molecule has 1 rings (SSSR count). The highest BCUT2D eigenvalue weighted by Gasteiger charge is 2.12. The Morgan fingerprint density at radius 2 is 1.94 bits per heavy atom. The van der Waals surface area contributed by atoms with E-state index in [9.17, 15) is 8.42 Å². The second-order valence-electron chi connectivity index (χ2n) is 3.62. The minimum absolute atomic E-state index is 0.0394. The van der Waals surface area contributed by atoms with Gasteiger partial charge in [0.05, 0.1) is 28.1 Å². The number of rotatable bonds is 5. The zero-order chi connectivity index (χ0) is 12.9. The van der Waals surface area contributed by atoms with Gasteiger partial charge in [-0.1, -0.05) is 24.4 Å². The van der Waals surface area contributed by atoms with Gasteiger partial charge in [-0.15, -0.1) is 0 Å². The van der Waals surface area contributed by atoms with E-state index >= 15 is 0 Å². The highest BCUT2D eigenvalue weighted by Crippen LogP contribution is 2.09. The lowest BCUT2D eigenvalue weighted by atomic mass is 10.2. The maximum Gasteiger partial charge on any atom is 0.154 e. The molecule has 0 unspecified atom stereocenters. The summed E-state index contributed by atoms with van der Waals surface area (Å²) in [5, 5.41) is 8.61. The summed E-state index contributed by atoms with van der Waals surface area (Å²) in [6.45, 7) is 0. The van der Waals surface area contributed by atoms with Crippen molar-refractivity contribution in [2.45, 2.75) is 12.2 Å². The number of sulfone groups is 1. The molecule has 0 aliphatic carbocycles.